The van der Waals surface area contributed by atoms with Crippen LogP contribution >= 0.6 is 0 Å². The maximum absolute atomic E-state index is 12.9. The third kappa shape index (κ3) is 4.00. The van der Waals surface area contributed by atoms with Gasteiger partial charge in [-0.2, -0.15) is 10.4 Å². The van der Waals surface area contributed by atoms with Gasteiger partial charge in [-0.1, -0.05) is 5.21 Å². The van der Waals surface area contributed by atoms with E-state index >= 15 is 0 Å². The Balaban J connectivity index is 1.11. The number of nitrogens with zero attached hydrogens (tertiary/aromatic N) is 8. The van der Waals surface area contributed by atoms with Gasteiger partial charge in [0.05, 0.1) is 29.2 Å². The molecule has 38 heavy (non-hydrogen) atoms. The Hall–Kier alpha value is -4.20. The summed E-state index contributed by atoms with van der Waals surface area (Å²) in [4.78, 5) is 31.7. The van der Waals surface area contributed by atoms with Crippen LogP contribution in [0, 0.1) is 43.9 Å². The molecule has 6 rings (SSSR count). The largest absolute Gasteiger partial charge is 0.348 e. The zero-order valence-corrected chi connectivity index (χ0v) is 21.8. The minimum absolute atomic E-state index is 0.00781. The molecule has 1 aliphatic heterocycles. The van der Waals surface area contributed by atoms with Gasteiger partial charge in [0.1, 0.15) is 6.07 Å². The van der Waals surface area contributed by atoms with E-state index in [4.69, 9.17) is 0 Å². The van der Waals surface area contributed by atoms with Gasteiger partial charge in [-0.15, -0.1) is 10.2 Å². The predicted octanol–water partition coefficient (Wildman–Crippen LogP) is 2.53. The van der Waals surface area contributed by atoms with Gasteiger partial charge in [0.25, 0.3) is 5.91 Å². The van der Waals surface area contributed by atoms with Crippen molar-refractivity contribution in [2.24, 2.45) is 11.8 Å². The first-order chi connectivity index (χ1) is 18.2. The predicted molar refractivity (Wildman–Crippen MR) is 136 cm³/mol. The molecule has 1 saturated heterocycles. The Morgan fingerprint density at radius 3 is 2.63 bits per heavy atom. The number of nitrogens with one attached hydrogen (secondary N) is 1. The number of fused-ring (bicyclic) bond motifs is 1. The number of amides is 2. The number of carbonyl (C=O) groups is 2. The first kappa shape index (κ1) is 24.2. The quantitative estimate of drug-likeness (QED) is 0.532. The van der Waals surface area contributed by atoms with E-state index in [1.807, 2.05) is 33.8 Å². The maximum atomic E-state index is 12.9. The highest BCUT2D eigenvalue weighted by Gasteiger charge is 2.53. The van der Waals surface area contributed by atoms with Crippen LogP contribution in [0.2, 0.25) is 0 Å². The van der Waals surface area contributed by atoms with Crippen LogP contribution in [-0.4, -0.2) is 54.6 Å². The average molecular weight is 512 g/mol. The molecule has 3 aromatic rings. The van der Waals surface area contributed by atoms with Crippen molar-refractivity contribution in [3.63, 3.8) is 0 Å². The molecule has 3 fully saturated rings. The Morgan fingerprint density at radius 2 is 1.92 bits per heavy atom. The molecule has 1 unspecified atom stereocenters. The summed E-state index contributed by atoms with van der Waals surface area (Å²) in [5, 5.41) is 29.5. The molecule has 2 aliphatic carbocycles. The van der Waals surface area contributed by atoms with Gasteiger partial charge in [-0.25, -0.2) is 4.68 Å². The van der Waals surface area contributed by atoms with Crippen LogP contribution in [0.1, 0.15) is 82.4 Å². The first-order valence-corrected chi connectivity index (χ1v) is 13.0. The molecule has 0 aromatic carbocycles. The minimum Gasteiger partial charge on any atom is -0.348 e. The fourth-order valence-corrected chi connectivity index (χ4v) is 5.63. The smallest absolute Gasteiger partial charge is 0.273 e. The number of carbonyl (C=O) groups excluding carboxylic acids is 2. The lowest BCUT2D eigenvalue weighted by molar-refractivity contribution is -0.118. The molecular weight excluding hydrogens is 482 g/mol. The topological polar surface area (TPSA) is 143 Å². The van der Waals surface area contributed by atoms with Crippen LogP contribution in [0.4, 0.5) is 5.82 Å². The van der Waals surface area contributed by atoms with Crippen LogP contribution in [0.25, 0.3) is 0 Å². The van der Waals surface area contributed by atoms with Gasteiger partial charge in [-0.05, 0) is 76.1 Å². The van der Waals surface area contributed by atoms with Gasteiger partial charge in [0.2, 0.25) is 5.91 Å². The van der Waals surface area contributed by atoms with Crippen molar-refractivity contribution in [2.75, 3.05) is 11.4 Å². The molecular formula is C27H29N9O2. The van der Waals surface area contributed by atoms with Gasteiger partial charge in [0.15, 0.2) is 11.5 Å². The highest BCUT2D eigenvalue weighted by molar-refractivity contribution is 5.99. The summed E-state index contributed by atoms with van der Waals surface area (Å²) in [5.41, 5.74) is 5.10. The SMILES string of the molecule is Cc1ccc(C#N)c([C@H]2C[C@@H](NC(=O)c3cn(C(C)c4nnc(N5C[C@H]6C[C@H]6C5=O)c(C)c4C)nn3)C2)n1. The summed E-state index contributed by atoms with van der Waals surface area (Å²) in [6, 6.07) is 5.55. The van der Waals surface area contributed by atoms with Crippen molar-refractivity contribution in [3.05, 3.63) is 57.8 Å². The van der Waals surface area contributed by atoms with E-state index in [2.05, 4.69) is 36.9 Å². The van der Waals surface area contributed by atoms with E-state index in [9.17, 15) is 14.9 Å². The molecule has 0 bridgehead atoms. The fourth-order valence-electron chi connectivity index (χ4n) is 5.63. The molecule has 11 heteroatoms. The number of aryl methyl sites for hydroxylation is 1. The van der Waals surface area contributed by atoms with Gasteiger partial charge >= 0.3 is 0 Å². The third-order valence-corrected chi connectivity index (χ3v) is 8.29. The van der Waals surface area contributed by atoms with Crippen molar-refractivity contribution in [1.82, 2.24) is 35.5 Å². The van der Waals surface area contributed by atoms with Crippen LogP contribution < -0.4 is 10.2 Å². The molecule has 3 aromatic heterocycles. The molecule has 0 radical (unpaired) electrons. The Morgan fingerprint density at radius 1 is 1.13 bits per heavy atom. The molecule has 4 heterocycles. The number of aromatic nitrogens is 6. The van der Waals surface area contributed by atoms with E-state index in [0.29, 0.717) is 17.3 Å². The highest BCUT2D eigenvalue weighted by Crippen LogP contribution is 2.47. The molecule has 3 aliphatic rings. The first-order valence-electron chi connectivity index (χ1n) is 13.0. The lowest BCUT2D eigenvalue weighted by Gasteiger charge is -2.35. The lowest BCUT2D eigenvalue weighted by Crippen LogP contribution is -2.43. The lowest BCUT2D eigenvalue weighted by atomic mass is 9.76. The van der Waals surface area contributed by atoms with Crippen LogP contribution in [0.3, 0.4) is 0 Å². The Labute approximate surface area is 220 Å². The van der Waals surface area contributed by atoms with Gasteiger partial charge < -0.3 is 5.32 Å². The summed E-state index contributed by atoms with van der Waals surface area (Å²) < 4.78 is 1.61. The summed E-state index contributed by atoms with van der Waals surface area (Å²) in [6.45, 7) is 8.49. The molecule has 0 spiro atoms. The van der Waals surface area contributed by atoms with Gasteiger partial charge in [-0.3, -0.25) is 19.5 Å². The fraction of sp³-hybridized carbons (Fsp3) is 0.481. The second kappa shape index (κ2) is 8.97. The van der Waals surface area contributed by atoms with Crippen LogP contribution in [0.15, 0.2) is 18.3 Å². The Kier molecular flexibility index (Phi) is 5.70. The number of hydrogen-bond acceptors (Lipinski definition) is 8. The van der Waals surface area contributed by atoms with E-state index in [1.165, 1.54) is 0 Å². The highest BCUT2D eigenvalue weighted by atomic mass is 16.2. The molecule has 2 amide bonds. The summed E-state index contributed by atoms with van der Waals surface area (Å²) in [5.74, 6) is 1.27. The van der Waals surface area contributed by atoms with E-state index in [1.54, 1.807) is 21.8 Å². The molecule has 194 valence electrons. The second-order valence-corrected chi connectivity index (χ2v) is 10.8. The molecule has 11 nitrogen and oxygen atoms in total. The van der Waals surface area contributed by atoms with E-state index in [0.717, 1.165) is 54.0 Å². The molecule has 3 atom stereocenters. The number of rotatable bonds is 6. The van der Waals surface area contributed by atoms with Gasteiger partial charge in [0, 0.05) is 30.1 Å². The third-order valence-electron chi connectivity index (χ3n) is 8.29. The zero-order valence-electron chi connectivity index (χ0n) is 21.8. The average Bonchev–Trinajstić information content (AvgIpc) is 3.33. The van der Waals surface area contributed by atoms with Crippen molar-refractivity contribution in [3.8, 4) is 6.07 Å². The van der Waals surface area contributed by atoms with Crippen LogP contribution in [-0.2, 0) is 4.79 Å². The summed E-state index contributed by atoms with van der Waals surface area (Å²) in [6.07, 6.45) is 4.06. The summed E-state index contributed by atoms with van der Waals surface area (Å²) in [7, 11) is 0. The zero-order chi connectivity index (χ0) is 26.7. The number of piperidine rings is 1. The van der Waals surface area contributed by atoms with Crippen molar-refractivity contribution < 1.29 is 9.59 Å². The normalized spacial score (nSPS) is 24.4. The Bertz CT molecular complexity index is 1500. The van der Waals surface area contributed by atoms with Crippen molar-refractivity contribution >= 4 is 17.6 Å². The standard InChI is InChI=1S/C27H29N9O2/c1-13-5-6-17(10-28)24(29-13)18-7-20(8-18)30-26(37)22-12-36(34-31-22)16(4)23-14(2)15(3)25(33-32-23)35-11-19-9-21(19)27(35)38/h5-6,12,16,18-21H,7-9,11H2,1-4H3,(H,30,37)/t16?,18-,19-,20+,21-/m1/s1. The number of pyridine rings is 1. The minimum atomic E-state index is -0.295. The van der Waals surface area contributed by atoms with Crippen molar-refractivity contribution in [1.29, 1.82) is 5.26 Å². The monoisotopic (exact) mass is 511 g/mol. The summed E-state index contributed by atoms with van der Waals surface area (Å²) >= 11 is 0. The maximum Gasteiger partial charge on any atom is 0.273 e. The van der Waals surface area contributed by atoms with E-state index < -0.39 is 0 Å². The van der Waals surface area contributed by atoms with Crippen molar-refractivity contribution in [2.45, 2.75) is 65.0 Å². The second-order valence-electron chi connectivity index (χ2n) is 10.8. The number of anilines is 1. The van der Waals surface area contributed by atoms with Crippen LogP contribution in [0.5, 0.6) is 0 Å². The number of nitriles is 1. The van der Waals surface area contributed by atoms with E-state index in [-0.39, 0.29) is 41.4 Å². The number of hydrogen-bond donors (Lipinski definition) is 1. The molecule has 2 saturated carbocycles. The molecule has 1 N–H and O–H groups in total.